The van der Waals surface area contributed by atoms with Crippen molar-refractivity contribution in [2.75, 3.05) is 26.7 Å². The van der Waals surface area contributed by atoms with Gasteiger partial charge in [0.25, 0.3) is 0 Å². The molecule has 1 aromatic rings. The van der Waals surface area contributed by atoms with E-state index in [1.165, 1.54) is 7.11 Å². The van der Waals surface area contributed by atoms with Gasteiger partial charge in [-0.2, -0.15) is 0 Å². The highest BCUT2D eigenvalue weighted by Crippen LogP contribution is 2.37. The fourth-order valence-electron chi connectivity index (χ4n) is 1.90. The van der Waals surface area contributed by atoms with Crippen LogP contribution in [-0.2, 0) is 25.4 Å². The topological polar surface area (TPSA) is 63.7 Å². The molecule has 0 aromatic heterocycles. The Kier molecular flexibility index (Phi) is 6.63. The van der Waals surface area contributed by atoms with Gasteiger partial charge in [0.2, 0.25) is 5.91 Å². The predicted octanol–water partition coefficient (Wildman–Crippen LogP) is 2.55. The van der Waals surface area contributed by atoms with Gasteiger partial charge < -0.3 is 14.2 Å². The van der Waals surface area contributed by atoms with E-state index < -0.39 is 13.1 Å². The second-order valence-corrected chi connectivity index (χ2v) is 8.80. The maximum Gasteiger partial charge on any atom is 0.306 e. The Morgan fingerprint density at radius 1 is 1.14 bits per heavy atom. The monoisotopic (exact) mass is 311 g/mol. The van der Waals surface area contributed by atoms with Crippen LogP contribution >= 0.6 is 7.14 Å². The zero-order valence-corrected chi connectivity index (χ0v) is 13.6. The first-order valence-electron chi connectivity index (χ1n) is 6.74. The van der Waals surface area contributed by atoms with Crippen molar-refractivity contribution < 1.29 is 18.9 Å². The molecule has 0 aliphatic rings. The van der Waals surface area contributed by atoms with Crippen molar-refractivity contribution in [1.82, 2.24) is 4.90 Å². The third kappa shape index (κ3) is 7.09. The molecule has 21 heavy (non-hydrogen) atoms. The first-order chi connectivity index (χ1) is 9.81. The van der Waals surface area contributed by atoms with E-state index in [0.29, 0.717) is 6.54 Å². The average molecular weight is 311 g/mol. The Bertz CT molecular complexity index is 524. The van der Waals surface area contributed by atoms with Crippen molar-refractivity contribution in [1.29, 1.82) is 0 Å². The van der Waals surface area contributed by atoms with Gasteiger partial charge in [0.1, 0.15) is 7.14 Å². The van der Waals surface area contributed by atoms with Gasteiger partial charge in [0.15, 0.2) is 0 Å². The Morgan fingerprint density at radius 3 is 2.29 bits per heavy atom. The van der Waals surface area contributed by atoms with E-state index in [1.807, 2.05) is 30.3 Å². The minimum atomic E-state index is -2.38. The maximum absolute atomic E-state index is 12.2. The number of rotatable bonds is 7. The van der Waals surface area contributed by atoms with E-state index >= 15 is 0 Å². The molecule has 0 saturated carbocycles. The summed E-state index contributed by atoms with van der Waals surface area (Å²) >= 11 is 0. The zero-order valence-electron chi connectivity index (χ0n) is 12.7. The lowest BCUT2D eigenvalue weighted by molar-refractivity contribution is -0.143. The van der Waals surface area contributed by atoms with E-state index in [9.17, 15) is 14.2 Å². The second-order valence-electron chi connectivity index (χ2n) is 5.37. The van der Waals surface area contributed by atoms with Gasteiger partial charge >= 0.3 is 5.97 Å². The molecule has 0 fully saturated rings. The fourth-order valence-corrected chi connectivity index (χ4v) is 2.98. The summed E-state index contributed by atoms with van der Waals surface area (Å²) < 4.78 is 16.6. The summed E-state index contributed by atoms with van der Waals surface area (Å²) in [7, 11) is -1.09. The van der Waals surface area contributed by atoms with Crippen LogP contribution in [0, 0.1) is 0 Å². The molecular formula is C15H22NO4P. The van der Waals surface area contributed by atoms with Gasteiger partial charge in [-0.25, -0.2) is 0 Å². The quantitative estimate of drug-likeness (QED) is 0.573. The number of esters is 1. The van der Waals surface area contributed by atoms with Crippen LogP contribution in [0.1, 0.15) is 18.4 Å². The number of methoxy groups -OCH3 is 1. The van der Waals surface area contributed by atoms with Gasteiger partial charge in [0, 0.05) is 13.0 Å². The van der Waals surface area contributed by atoms with E-state index in [4.69, 9.17) is 0 Å². The van der Waals surface area contributed by atoms with Crippen LogP contribution in [0.4, 0.5) is 0 Å². The third-order valence-electron chi connectivity index (χ3n) is 2.85. The third-order valence-corrected chi connectivity index (χ3v) is 3.87. The summed E-state index contributed by atoms with van der Waals surface area (Å²) in [6, 6.07) is 9.51. The molecule has 0 unspecified atom stereocenters. The molecule has 0 heterocycles. The molecule has 0 N–H and O–H groups in total. The minimum absolute atomic E-state index is 0.0400. The highest BCUT2D eigenvalue weighted by molar-refractivity contribution is 7.62. The first kappa shape index (κ1) is 17.4. The van der Waals surface area contributed by atoms with Crippen LogP contribution < -0.4 is 0 Å². The zero-order chi connectivity index (χ0) is 15.9. The highest BCUT2D eigenvalue weighted by atomic mass is 31.2. The van der Waals surface area contributed by atoms with Gasteiger partial charge in [-0.1, -0.05) is 30.3 Å². The Balaban J connectivity index is 2.74. The van der Waals surface area contributed by atoms with E-state index in [0.717, 1.165) is 5.56 Å². The molecule has 1 amide bonds. The molecule has 116 valence electrons. The number of carbonyl (C=O) groups excluding carboxylic acids is 2. The number of ether oxygens (including phenoxy) is 1. The van der Waals surface area contributed by atoms with Gasteiger partial charge in [0.05, 0.1) is 19.8 Å². The molecule has 0 atom stereocenters. The molecule has 1 aromatic carbocycles. The minimum Gasteiger partial charge on any atom is -0.469 e. The van der Waals surface area contributed by atoms with Crippen LogP contribution in [0.15, 0.2) is 30.3 Å². The number of hydrogen-bond donors (Lipinski definition) is 0. The lowest BCUT2D eigenvalue weighted by Gasteiger charge is -2.24. The largest absolute Gasteiger partial charge is 0.469 e. The fraction of sp³-hybridized carbons (Fsp3) is 0.467. The molecule has 0 saturated heterocycles. The Labute approximate surface area is 125 Å². The van der Waals surface area contributed by atoms with Gasteiger partial charge in [-0.3, -0.25) is 9.59 Å². The Morgan fingerprint density at radius 2 is 1.76 bits per heavy atom. The van der Waals surface area contributed by atoms with Crippen molar-refractivity contribution in [2.24, 2.45) is 0 Å². The van der Waals surface area contributed by atoms with Crippen molar-refractivity contribution in [2.45, 2.75) is 19.4 Å². The van der Waals surface area contributed by atoms with E-state index in [1.54, 1.807) is 18.2 Å². The van der Waals surface area contributed by atoms with Crippen LogP contribution in [0.3, 0.4) is 0 Å². The van der Waals surface area contributed by atoms with Crippen molar-refractivity contribution >= 4 is 19.0 Å². The van der Waals surface area contributed by atoms with Gasteiger partial charge in [-0.05, 0) is 18.9 Å². The van der Waals surface area contributed by atoms with Crippen LogP contribution in [-0.4, -0.2) is 43.5 Å². The molecule has 0 radical (unpaired) electrons. The van der Waals surface area contributed by atoms with Crippen molar-refractivity contribution in [3.8, 4) is 0 Å². The molecule has 6 heteroatoms. The molecule has 5 nitrogen and oxygen atoms in total. The highest BCUT2D eigenvalue weighted by Gasteiger charge is 2.20. The maximum atomic E-state index is 12.2. The summed E-state index contributed by atoms with van der Waals surface area (Å²) in [4.78, 5) is 24.9. The number of carbonyl (C=O) groups is 2. The number of amides is 1. The van der Waals surface area contributed by atoms with Crippen LogP contribution in [0.25, 0.3) is 0 Å². The van der Waals surface area contributed by atoms with Crippen LogP contribution in [0.5, 0.6) is 0 Å². The number of benzene rings is 1. The average Bonchev–Trinajstić information content (AvgIpc) is 2.43. The predicted molar refractivity (Wildman–Crippen MR) is 82.6 cm³/mol. The molecule has 0 aliphatic carbocycles. The van der Waals surface area contributed by atoms with E-state index in [2.05, 4.69) is 4.74 Å². The normalized spacial score (nSPS) is 11.0. The summed E-state index contributed by atoms with van der Waals surface area (Å²) in [5.74, 6) is -0.604. The van der Waals surface area contributed by atoms with Crippen molar-refractivity contribution in [3.63, 3.8) is 0 Å². The molecule has 0 bridgehead atoms. The van der Waals surface area contributed by atoms with Crippen molar-refractivity contribution in [3.05, 3.63) is 35.9 Å². The summed E-state index contributed by atoms with van der Waals surface area (Å²) in [5.41, 5.74) is 0.970. The Hall–Kier alpha value is -1.61. The first-order valence-corrected chi connectivity index (χ1v) is 9.53. The standard InChI is InChI=1S/C15H22NO4P/c1-20-15(18)10-9-14(17)16(12-21(2,3)19)11-13-7-5-4-6-8-13/h4-8H,9-12H2,1-3H3. The lowest BCUT2D eigenvalue weighted by Crippen LogP contribution is -2.31. The molecule has 0 aliphatic heterocycles. The summed E-state index contributed by atoms with van der Waals surface area (Å²) in [6.45, 7) is 3.70. The van der Waals surface area contributed by atoms with Crippen LogP contribution in [0.2, 0.25) is 0 Å². The molecular weight excluding hydrogens is 289 g/mol. The molecule has 1 rings (SSSR count). The second kappa shape index (κ2) is 7.99. The van der Waals surface area contributed by atoms with E-state index in [-0.39, 0.29) is 25.0 Å². The summed E-state index contributed by atoms with van der Waals surface area (Å²) in [5, 5.41) is 0. The molecule has 0 spiro atoms. The lowest BCUT2D eigenvalue weighted by atomic mass is 10.2. The SMILES string of the molecule is COC(=O)CCC(=O)N(Cc1ccccc1)CP(C)(C)=O. The smallest absolute Gasteiger partial charge is 0.306 e. The van der Waals surface area contributed by atoms with Gasteiger partial charge in [-0.15, -0.1) is 0 Å². The number of nitrogens with zero attached hydrogens (tertiary/aromatic N) is 1. The number of hydrogen-bond acceptors (Lipinski definition) is 4. The summed E-state index contributed by atoms with van der Waals surface area (Å²) in [6.07, 6.45) is 0.319.